The first-order valence-electron chi connectivity index (χ1n) is 13.4. The molecule has 0 aliphatic rings. The quantitative estimate of drug-likeness (QED) is 0.238. The number of benzene rings is 5. The topological polar surface area (TPSA) is 38.7 Å². The highest BCUT2D eigenvalue weighted by molar-refractivity contribution is 5.98. The highest BCUT2D eigenvalue weighted by Gasteiger charge is 2.10. The summed E-state index contributed by atoms with van der Waals surface area (Å²) in [6, 6.07) is 46.7. The number of fused-ring (bicyclic) bond motifs is 4. The van der Waals surface area contributed by atoms with Crippen LogP contribution >= 0.6 is 0 Å². The van der Waals surface area contributed by atoms with Crippen LogP contribution in [0, 0.1) is 0 Å². The van der Waals surface area contributed by atoms with Crippen LogP contribution in [0.4, 0.5) is 0 Å². The predicted octanol–water partition coefficient (Wildman–Crippen LogP) is 9.49. The molecule has 5 aromatic carbocycles. The second kappa shape index (κ2) is 9.11. The zero-order chi connectivity index (χ0) is 26.5. The number of nitrogens with zero attached hydrogens (tertiary/aromatic N) is 3. The highest BCUT2D eigenvalue weighted by atomic mass is 14.7. The van der Waals surface area contributed by atoms with E-state index in [4.69, 9.17) is 9.97 Å². The van der Waals surface area contributed by atoms with E-state index in [1.54, 1.807) is 0 Å². The molecule has 0 radical (unpaired) electrons. The third kappa shape index (κ3) is 3.79. The minimum absolute atomic E-state index is 0.956. The van der Waals surface area contributed by atoms with Gasteiger partial charge in [0.25, 0.3) is 0 Å². The Morgan fingerprint density at radius 1 is 0.375 bits per heavy atom. The summed E-state index contributed by atoms with van der Waals surface area (Å²) < 4.78 is 0. The van der Waals surface area contributed by atoms with Gasteiger partial charge in [0.1, 0.15) is 0 Å². The summed E-state index contributed by atoms with van der Waals surface area (Å²) in [5.74, 6) is 0. The van der Waals surface area contributed by atoms with Gasteiger partial charge in [-0.15, -0.1) is 0 Å². The molecule has 3 nitrogen and oxygen atoms in total. The van der Waals surface area contributed by atoms with Crippen LogP contribution in [0.3, 0.4) is 0 Å². The Morgan fingerprint density at radius 2 is 0.975 bits per heavy atom. The fourth-order valence-corrected chi connectivity index (χ4v) is 5.69. The van der Waals surface area contributed by atoms with Crippen molar-refractivity contribution in [2.75, 3.05) is 0 Å². The Hall–Kier alpha value is -5.41. The van der Waals surface area contributed by atoms with E-state index in [0.29, 0.717) is 0 Å². The average molecular weight is 510 g/mol. The predicted molar refractivity (Wildman–Crippen MR) is 166 cm³/mol. The van der Waals surface area contributed by atoms with Crippen LogP contribution in [0.25, 0.3) is 77.1 Å². The molecule has 186 valence electrons. The first-order valence-corrected chi connectivity index (χ1v) is 13.4. The van der Waals surface area contributed by atoms with Crippen molar-refractivity contribution >= 4 is 43.5 Å². The van der Waals surface area contributed by atoms with E-state index < -0.39 is 0 Å². The number of hydrogen-bond acceptors (Lipinski definition) is 3. The van der Waals surface area contributed by atoms with E-state index in [1.165, 1.54) is 16.3 Å². The van der Waals surface area contributed by atoms with Crippen molar-refractivity contribution in [1.29, 1.82) is 0 Å². The summed E-state index contributed by atoms with van der Waals surface area (Å²) in [7, 11) is 0. The van der Waals surface area contributed by atoms with Gasteiger partial charge in [-0.05, 0) is 70.4 Å². The Morgan fingerprint density at radius 3 is 1.70 bits per heavy atom. The van der Waals surface area contributed by atoms with Crippen LogP contribution in [0.1, 0.15) is 0 Å². The molecule has 3 heteroatoms. The van der Waals surface area contributed by atoms with Gasteiger partial charge in [0.15, 0.2) is 0 Å². The molecular weight excluding hydrogens is 486 g/mol. The third-order valence-electron chi connectivity index (χ3n) is 7.70. The SMILES string of the molecule is c1ccc2c(-c3ccc4cc(-c5ccc6nc(-c7cccc8ncccc78)ccc6c5)ccc4n3)cccc2c1. The van der Waals surface area contributed by atoms with Crippen molar-refractivity contribution in [3.63, 3.8) is 0 Å². The lowest BCUT2D eigenvalue weighted by Crippen LogP contribution is -1.89. The third-order valence-corrected chi connectivity index (χ3v) is 7.70. The van der Waals surface area contributed by atoms with Crippen molar-refractivity contribution in [1.82, 2.24) is 15.0 Å². The Balaban J connectivity index is 1.15. The van der Waals surface area contributed by atoms with Gasteiger partial charge < -0.3 is 0 Å². The van der Waals surface area contributed by atoms with Gasteiger partial charge in [-0.25, -0.2) is 9.97 Å². The largest absolute Gasteiger partial charge is 0.256 e. The molecule has 0 N–H and O–H groups in total. The van der Waals surface area contributed by atoms with Gasteiger partial charge in [0.05, 0.1) is 27.9 Å². The molecule has 0 fully saturated rings. The van der Waals surface area contributed by atoms with Crippen LogP contribution in [0.2, 0.25) is 0 Å². The van der Waals surface area contributed by atoms with Crippen molar-refractivity contribution in [3.05, 3.63) is 140 Å². The second-order valence-corrected chi connectivity index (χ2v) is 10.1. The summed E-state index contributed by atoms with van der Waals surface area (Å²) in [4.78, 5) is 14.5. The van der Waals surface area contributed by atoms with E-state index in [1.807, 2.05) is 24.4 Å². The summed E-state index contributed by atoms with van der Waals surface area (Å²) >= 11 is 0. The van der Waals surface area contributed by atoms with Crippen molar-refractivity contribution in [3.8, 4) is 33.6 Å². The van der Waals surface area contributed by atoms with Crippen molar-refractivity contribution < 1.29 is 0 Å². The Bertz CT molecular complexity index is 2060. The normalized spacial score (nSPS) is 11.5. The highest BCUT2D eigenvalue weighted by Crippen LogP contribution is 2.32. The maximum Gasteiger partial charge on any atom is 0.0716 e. The van der Waals surface area contributed by atoms with Gasteiger partial charge in [-0.3, -0.25) is 4.98 Å². The first kappa shape index (κ1) is 22.6. The Kier molecular flexibility index (Phi) is 5.14. The molecular formula is C37H23N3. The van der Waals surface area contributed by atoms with Crippen molar-refractivity contribution in [2.24, 2.45) is 0 Å². The van der Waals surface area contributed by atoms with E-state index >= 15 is 0 Å². The fourth-order valence-electron chi connectivity index (χ4n) is 5.69. The smallest absolute Gasteiger partial charge is 0.0716 e. The van der Waals surface area contributed by atoms with Crippen molar-refractivity contribution in [2.45, 2.75) is 0 Å². The molecule has 0 saturated heterocycles. The van der Waals surface area contributed by atoms with E-state index in [-0.39, 0.29) is 0 Å². The summed E-state index contributed by atoms with van der Waals surface area (Å²) in [5.41, 5.74) is 9.48. The molecule has 3 heterocycles. The van der Waals surface area contributed by atoms with Gasteiger partial charge in [0, 0.05) is 33.5 Å². The molecule has 40 heavy (non-hydrogen) atoms. The maximum absolute atomic E-state index is 5.03. The molecule has 0 aliphatic heterocycles. The molecule has 0 unspecified atom stereocenters. The number of hydrogen-bond donors (Lipinski definition) is 0. The minimum Gasteiger partial charge on any atom is -0.256 e. The van der Waals surface area contributed by atoms with Crippen LogP contribution < -0.4 is 0 Å². The summed E-state index contributed by atoms with van der Waals surface area (Å²) in [6.45, 7) is 0. The number of aromatic nitrogens is 3. The number of rotatable bonds is 3. The molecule has 0 aliphatic carbocycles. The standard InChI is InChI=1S/C37H23N3/c1-2-8-29-24(6-1)7-3-9-30(29)36-19-15-27-22-25(13-17-33(27)39-36)26-14-18-34-28(23-26)16-20-37(40-34)32-10-4-12-35-31(32)11-5-21-38-35/h1-23H. The lowest BCUT2D eigenvalue weighted by atomic mass is 9.99. The van der Waals surface area contributed by atoms with Gasteiger partial charge in [-0.1, -0.05) is 84.9 Å². The molecule has 3 aromatic heterocycles. The monoisotopic (exact) mass is 509 g/mol. The summed E-state index contributed by atoms with van der Waals surface area (Å²) in [5, 5.41) is 5.80. The van der Waals surface area contributed by atoms with Crippen LogP contribution in [-0.2, 0) is 0 Å². The van der Waals surface area contributed by atoms with Gasteiger partial charge >= 0.3 is 0 Å². The Labute approximate surface area is 231 Å². The minimum atomic E-state index is 0.956. The lowest BCUT2D eigenvalue weighted by molar-refractivity contribution is 1.38. The molecule has 8 rings (SSSR count). The molecule has 0 amide bonds. The zero-order valence-corrected chi connectivity index (χ0v) is 21.6. The number of pyridine rings is 3. The van der Waals surface area contributed by atoms with Crippen LogP contribution in [0.15, 0.2) is 140 Å². The average Bonchev–Trinajstić information content (AvgIpc) is 3.03. The first-order chi connectivity index (χ1) is 19.8. The van der Waals surface area contributed by atoms with Gasteiger partial charge in [0.2, 0.25) is 0 Å². The molecule has 0 spiro atoms. The molecule has 0 atom stereocenters. The lowest BCUT2D eigenvalue weighted by Gasteiger charge is -2.10. The van der Waals surface area contributed by atoms with Gasteiger partial charge in [-0.2, -0.15) is 0 Å². The zero-order valence-electron chi connectivity index (χ0n) is 21.6. The maximum atomic E-state index is 5.03. The second-order valence-electron chi connectivity index (χ2n) is 10.1. The molecule has 0 bridgehead atoms. The molecule has 0 saturated carbocycles. The van der Waals surface area contributed by atoms with E-state index in [0.717, 1.165) is 60.8 Å². The molecule has 8 aromatic rings. The van der Waals surface area contributed by atoms with Crippen LogP contribution in [0.5, 0.6) is 0 Å². The fraction of sp³-hybridized carbons (Fsp3) is 0. The van der Waals surface area contributed by atoms with E-state index in [2.05, 4.69) is 120 Å². The summed E-state index contributed by atoms with van der Waals surface area (Å²) in [6.07, 6.45) is 1.83. The van der Waals surface area contributed by atoms with E-state index in [9.17, 15) is 0 Å². The van der Waals surface area contributed by atoms with Crippen LogP contribution in [-0.4, -0.2) is 15.0 Å².